The highest BCUT2D eigenvalue weighted by molar-refractivity contribution is 7.92. The first-order valence-corrected chi connectivity index (χ1v) is 8.53. The monoisotopic (exact) mass is 347 g/mol. The van der Waals surface area contributed by atoms with Gasteiger partial charge in [-0.15, -0.1) is 0 Å². The van der Waals surface area contributed by atoms with E-state index in [1.54, 1.807) is 31.2 Å². The molecule has 8 heteroatoms. The van der Waals surface area contributed by atoms with Crippen LogP contribution in [0.2, 0.25) is 0 Å². The van der Waals surface area contributed by atoms with Gasteiger partial charge < -0.3 is 4.52 Å². The third-order valence-electron chi connectivity index (χ3n) is 3.35. The molecule has 0 unspecified atom stereocenters. The maximum atomic E-state index is 13.3. The van der Waals surface area contributed by atoms with Gasteiger partial charge in [-0.1, -0.05) is 5.16 Å². The predicted octanol–water partition coefficient (Wildman–Crippen LogP) is 3.29. The molecule has 2 aromatic carbocycles. The van der Waals surface area contributed by atoms with Gasteiger partial charge in [0.1, 0.15) is 5.82 Å². The fourth-order valence-electron chi connectivity index (χ4n) is 2.09. The highest BCUT2D eigenvalue weighted by Gasteiger charge is 2.16. The Balaban J connectivity index is 1.83. The minimum Gasteiger partial charge on any atom is -0.334 e. The summed E-state index contributed by atoms with van der Waals surface area (Å²) in [6.45, 7) is 3.22. The molecule has 0 bridgehead atoms. The van der Waals surface area contributed by atoms with Crippen molar-refractivity contribution in [3.8, 4) is 11.5 Å². The number of hydrogen-bond donors (Lipinski definition) is 1. The van der Waals surface area contributed by atoms with Gasteiger partial charge in [0.05, 0.1) is 4.90 Å². The highest BCUT2D eigenvalue weighted by atomic mass is 32.2. The van der Waals surface area contributed by atoms with Crippen LogP contribution in [-0.4, -0.2) is 18.6 Å². The Morgan fingerprint density at radius 1 is 1.08 bits per heavy atom. The van der Waals surface area contributed by atoms with E-state index in [1.165, 1.54) is 19.1 Å². The van der Waals surface area contributed by atoms with Crippen molar-refractivity contribution in [3.05, 3.63) is 59.7 Å². The standard InChI is InChI=1S/C16H14FN3O3S/c1-10-9-14(7-8-15(10)17)24(21,22)20-13-5-3-12(4-6-13)16-18-11(2)19-23-16/h3-9,20H,1-2H3. The molecule has 3 aromatic rings. The normalized spacial score (nSPS) is 11.5. The molecular formula is C16H14FN3O3S. The fourth-order valence-corrected chi connectivity index (χ4v) is 3.24. The van der Waals surface area contributed by atoms with Crippen LogP contribution in [0, 0.1) is 19.7 Å². The van der Waals surface area contributed by atoms with Crippen LogP contribution in [0.1, 0.15) is 11.4 Å². The predicted molar refractivity (Wildman–Crippen MR) is 86.4 cm³/mol. The molecule has 6 nitrogen and oxygen atoms in total. The smallest absolute Gasteiger partial charge is 0.261 e. The van der Waals surface area contributed by atoms with E-state index in [0.717, 1.165) is 6.07 Å². The van der Waals surface area contributed by atoms with Crippen LogP contribution < -0.4 is 4.72 Å². The fraction of sp³-hybridized carbons (Fsp3) is 0.125. The van der Waals surface area contributed by atoms with Gasteiger partial charge in [0, 0.05) is 11.3 Å². The number of benzene rings is 2. The van der Waals surface area contributed by atoms with Crippen molar-refractivity contribution in [2.45, 2.75) is 18.7 Å². The molecular weight excluding hydrogens is 333 g/mol. The van der Waals surface area contributed by atoms with Crippen LogP contribution in [0.5, 0.6) is 0 Å². The second-order valence-electron chi connectivity index (χ2n) is 5.24. The minimum atomic E-state index is -3.79. The van der Waals surface area contributed by atoms with Crippen molar-refractivity contribution in [1.29, 1.82) is 0 Å². The summed E-state index contributed by atoms with van der Waals surface area (Å²) in [5.74, 6) is 0.422. The molecule has 1 aromatic heterocycles. The number of hydrogen-bond acceptors (Lipinski definition) is 5. The van der Waals surface area contributed by atoms with Gasteiger partial charge in [0.25, 0.3) is 15.9 Å². The maximum absolute atomic E-state index is 13.3. The largest absolute Gasteiger partial charge is 0.334 e. The minimum absolute atomic E-state index is 0.00185. The molecule has 0 saturated carbocycles. The summed E-state index contributed by atoms with van der Waals surface area (Å²) in [7, 11) is -3.79. The van der Waals surface area contributed by atoms with E-state index in [4.69, 9.17) is 4.52 Å². The van der Waals surface area contributed by atoms with Crippen LogP contribution in [0.15, 0.2) is 51.9 Å². The number of nitrogens with zero attached hydrogens (tertiary/aromatic N) is 2. The molecule has 0 spiro atoms. The molecule has 124 valence electrons. The van der Waals surface area contributed by atoms with Gasteiger partial charge in [0.2, 0.25) is 0 Å². The summed E-state index contributed by atoms with van der Waals surface area (Å²) in [5.41, 5.74) is 1.31. The lowest BCUT2D eigenvalue weighted by atomic mass is 10.2. The van der Waals surface area contributed by atoms with Crippen LogP contribution in [-0.2, 0) is 10.0 Å². The zero-order valence-electron chi connectivity index (χ0n) is 12.9. The summed E-state index contributed by atoms with van der Waals surface area (Å²) in [6, 6.07) is 10.1. The molecule has 0 aliphatic rings. The first-order valence-electron chi connectivity index (χ1n) is 7.05. The summed E-state index contributed by atoms with van der Waals surface area (Å²) in [5, 5.41) is 3.70. The Morgan fingerprint density at radius 2 is 1.79 bits per heavy atom. The Labute approximate surface area is 138 Å². The van der Waals surface area contributed by atoms with Crippen molar-refractivity contribution < 1.29 is 17.3 Å². The van der Waals surface area contributed by atoms with Gasteiger partial charge in [-0.3, -0.25) is 4.72 Å². The molecule has 0 amide bonds. The molecule has 1 heterocycles. The van der Waals surface area contributed by atoms with Gasteiger partial charge in [-0.2, -0.15) is 4.98 Å². The van der Waals surface area contributed by atoms with E-state index >= 15 is 0 Å². The first-order chi connectivity index (χ1) is 11.3. The van der Waals surface area contributed by atoms with E-state index in [2.05, 4.69) is 14.9 Å². The maximum Gasteiger partial charge on any atom is 0.261 e. The van der Waals surface area contributed by atoms with Crippen molar-refractivity contribution in [2.75, 3.05) is 4.72 Å². The number of anilines is 1. The van der Waals surface area contributed by atoms with E-state index < -0.39 is 15.8 Å². The number of sulfonamides is 1. The number of halogens is 1. The quantitative estimate of drug-likeness (QED) is 0.783. The lowest BCUT2D eigenvalue weighted by Gasteiger charge is -2.09. The summed E-state index contributed by atoms with van der Waals surface area (Å²) >= 11 is 0. The van der Waals surface area contributed by atoms with Crippen molar-refractivity contribution in [2.24, 2.45) is 0 Å². The Hall–Kier alpha value is -2.74. The number of aromatic nitrogens is 2. The summed E-state index contributed by atoms with van der Waals surface area (Å²) in [6.07, 6.45) is 0. The summed E-state index contributed by atoms with van der Waals surface area (Å²) in [4.78, 5) is 4.10. The van der Waals surface area contributed by atoms with Gasteiger partial charge in [-0.25, -0.2) is 12.8 Å². The Bertz CT molecular complexity index is 982. The van der Waals surface area contributed by atoms with E-state index in [-0.39, 0.29) is 10.5 Å². The van der Waals surface area contributed by atoms with Gasteiger partial charge in [-0.05, 0) is 61.9 Å². The van der Waals surface area contributed by atoms with Crippen molar-refractivity contribution in [1.82, 2.24) is 10.1 Å². The van der Waals surface area contributed by atoms with E-state index in [1.807, 2.05) is 0 Å². The molecule has 3 rings (SSSR count). The van der Waals surface area contributed by atoms with Crippen molar-refractivity contribution in [3.63, 3.8) is 0 Å². The van der Waals surface area contributed by atoms with Crippen molar-refractivity contribution >= 4 is 15.7 Å². The molecule has 0 radical (unpaired) electrons. The zero-order valence-corrected chi connectivity index (χ0v) is 13.8. The Kier molecular flexibility index (Phi) is 4.06. The number of nitrogens with one attached hydrogen (secondary N) is 1. The van der Waals surface area contributed by atoms with Gasteiger partial charge in [0.15, 0.2) is 5.82 Å². The number of aryl methyl sites for hydroxylation is 2. The molecule has 0 aliphatic carbocycles. The molecule has 1 N–H and O–H groups in total. The van der Waals surface area contributed by atoms with Crippen LogP contribution in [0.25, 0.3) is 11.5 Å². The zero-order chi connectivity index (χ0) is 17.3. The second-order valence-corrected chi connectivity index (χ2v) is 6.92. The number of rotatable bonds is 4. The van der Waals surface area contributed by atoms with Gasteiger partial charge >= 0.3 is 0 Å². The third-order valence-corrected chi connectivity index (χ3v) is 4.73. The average molecular weight is 347 g/mol. The Morgan fingerprint density at radius 3 is 2.38 bits per heavy atom. The average Bonchev–Trinajstić information content (AvgIpc) is 2.97. The topological polar surface area (TPSA) is 85.1 Å². The van der Waals surface area contributed by atoms with E-state index in [9.17, 15) is 12.8 Å². The lowest BCUT2D eigenvalue weighted by molar-refractivity contribution is 0.425. The molecule has 24 heavy (non-hydrogen) atoms. The van der Waals surface area contributed by atoms with E-state index in [0.29, 0.717) is 23.0 Å². The summed E-state index contributed by atoms with van der Waals surface area (Å²) < 4.78 is 45.5. The highest BCUT2D eigenvalue weighted by Crippen LogP contribution is 2.22. The van der Waals surface area contributed by atoms with Crippen LogP contribution in [0.4, 0.5) is 10.1 Å². The SMILES string of the molecule is Cc1noc(-c2ccc(NS(=O)(=O)c3ccc(F)c(C)c3)cc2)n1. The molecule has 0 fully saturated rings. The molecule has 0 saturated heterocycles. The van der Waals surface area contributed by atoms with Crippen LogP contribution in [0.3, 0.4) is 0 Å². The lowest BCUT2D eigenvalue weighted by Crippen LogP contribution is -2.13. The second kappa shape index (κ2) is 6.04. The van der Waals surface area contributed by atoms with Crippen LogP contribution >= 0.6 is 0 Å². The molecule has 0 atom stereocenters. The third kappa shape index (κ3) is 3.28. The molecule has 0 aliphatic heterocycles. The first kappa shape index (κ1) is 16.1.